The highest BCUT2D eigenvalue weighted by atomic mass is 32.1. The van der Waals surface area contributed by atoms with Gasteiger partial charge in [0.1, 0.15) is 6.17 Å². The predicted molar refractivity (Wildman–Crippen MR) is 73.5 cm³/mol. The van der Waals surface area contributed by atoms with Gasteiger partial charge in [-0.2, -0.15) is 13.2 Å². The molecule has 0 aliphatic carbocycles. The van der Waals surface area contributed by atoms with Crippen molar-refractivity contribution in [1.29, 1.82) is 0 Å². The van der Waals surface area contributed by atoms with Crippen molar-refractivity contribution in [3.8, 4) is 0 Å². The first-order valence-corrected chi connectivity index (χ1v) is 6.93. The molecule has 0 amide bonds. The Morgan fingerprint density at radius 2 is 1.74 bits per heavy atom. The lowest BCUT2D eigenvalue weighted by Gasteiger charge is -2.24. The maximum Gasteiger partial charge on any atom is 0.425 e. The normalized spacial score (nSPS) is 15.3. The van der Waals surface area contributed by atoms with Crippen molar-refractivity contribution >= 4 is 17.7 Å². The number of hydrogen-bond acceptors (Lipinski definition) is 1. The molecule has 130 valence electrons. The van der Waals surface area contributed by atoms with E-state index < -0.39 is 42.4 Å². The molecule has 2 atom stereocenters. The smallest absolute Gasteiger partial charge is 0.282 e. The quantitative estimate of drug-likeness (QED) is 0.536. The van der Waals surface area contributed by atoms with E-state index in [0.717, 1.165) is 0 Å². The van der Waals surface area contributed by atoms with Crippen LogP contribution in [0, 0.1) is 0 Å². The molecule has 0 heterocycles. The van der Waals surface area contributed by atoms with Gasteiger partial charge in [0, 0.05) is 12.0 Å². The minimum Gasteiger partial charge on any atom is -0.282 e. The maximum absolute atomic E-state index is 13.5. The SMILES string of the molecule is O=C(S)c1cccc(CCC(F)CC(F)(F)C(F)C(F)(F)F)c1. The van der Waals surface area contributed by atoms with Crippen molar-refractivity contribution in [2.75, 3.05) is 0 Å². The van der Waals surface area contributed by atoms with E-state index in [4.69, 9.17) is 0 Å². The summed E-state index contributed by atoms with van der Waals surface area (Å²) < 4.78 is 88.1. The van der Waals surface area contributed by atoms with E-state index in [2.05, 4.69) is 12.6 Å². The van der Waals surface area contributed by atoms with Crippen LogP contribution in [0.4, 0.5) is 30.7 Å². The second kappa shape index (κ2) is 7.55. The van der Waals surface area contributed by atoms with E-state index >= 15 is 0 Å². The number of carbonyl (C=O) groups excluding carboxylic acids is 1. The van der Waals surface area contributed by atoms with Gasteiger partial charge in [0.25, 0.3) is 12.1 Å². The van der Waals surface area contributed by atoms with Gasteiger partial charge in [-0.3, -0.25) is 4.79 Å². The highest BCUT2D eigenvalue weighted by Crippen LogP contribution is 2.38. The zero-order valence-electron chi connectivity index (χ0n) is 11.6. The van der Waals surface area contributed by atoms with Crippen LogP contribution < -0.4 is 0 Å². The lowest BCUT2D eigenvalue weighted by atomic mass is 10.00. The summed E-state index contributed by atoms with van der Waals surface area (Å²) >= 11 is 3.59. The fourth-order valence-electron chi connectivity index (χ4n) is 1.92. The van der Waals surface area contributed by atoms with Gasteiger partial charge in [0.05, 0.1) is 0 Å². The second-order valence-electron chi connectivity index (χ2n) is 5.01. The van der Waals surface area contributed by atoms with E-state index in [1.165, 1.54) is 24.3 Å². The third-order valence-corrected chi connectivity index (χ3v) is 3.33. The number of rotatable bonds is 7. The van der Waals surface area contributed by atoms with Crippen molar-refractivity contribution in [3.05, 3.63) is 35.4 Å². The average Bonchev–Trinajstić information content (AvgIpc) is 2.43. The molecule has 0 aliphatic rings. The predicted octanol–water partition coefficient (Wildman–Crippen LogP) is 4.95. The van der Waals surface area contributed by atoms with Gasteiger partial charge in [-0.05, 0) is 24.5 Å². The van der Waals surface area contributed by atoms with Crippen LogP contribution in [0.25, 0.3) is 0 Å². The molecule has 0 N–H and O–H groups in total. The van der Waals surface area contributed by atoms with Crippen LogP contribution in [-0.4, -0.2) is 29.6 Å². The van der Waals surface area contributed by atoms with Crippen LogP contribution in [0.2, 0.25) is 0 Å². The number of carbonyl (C=O) groups is 1. The fourth-order valence-corrected chi connectivity index (χ4v) is 2.06. The molecule has 0 radical (unpaired) electrons. The molecule has 1 nitrogen and oxygen atoms in total. The molecule has 0 aromatic heterocycles. The molecule has 9 heteroatoms. The van der Waals surface area contributed by atoms with Crippen LogP contribution >= 0.6 is 12.6 Å². The number of alkyl halides is 7. The van der Waals surface area contributed by atoms with Gasteiger partial charge < -0.3 is 0 Å². The summed E-state index contributed by atoms with van der Waals surface area (Å²) in [6.45, 7) is 0. The molecule has 1 aromatic carbocycles. The fraction of sp³-hybridized carbons (Fsp3) is 0.500. The summed E-state index contributed by atoms with van der Waals surface area (Å²) in [5.74, 6) is -4.83. The molecule has 0 aliphatic heterocycles. The minimum absolute atomic E-state index is 0.0882. The first kappa shape index (κ1) is 19.8. The Hall–Kier alpha value is -1.25. The van der Waals surface area contributed by atoms with Gasteiger partial charge in [0.2, 0.25) is 5.12 Å². The first-order chi connectivity index (χ1) is 10.4. The molecule has 0 spiro atoms. The van der Waals surface area contributed by atoms with E-state index in [0.29, 0.717) is 5.56 Å². The van der Waals surface area contributed by atoms with Crippen molar-refractivity contribution < 1.29 is 35.5 Å². The number of halogens is 7. The molecule has 0 saturated carbocycles. The lowest BCUT2D eigenvalue weighted by Crippen LogP contribution is -2.43. The summed E-state index contributed by atoms with van der Waals surface area (Å²) in [5.41, 5.74) is 0.649. The van der Waals surface area contributed by atoms with Gasteiger partial charge in [0.15, 0.2) is 0 Å². The molecule has 2 unspecified atom stereocenters. The van der Waals surface area contributed by atoms with Crippen molar-refractivity contribution in [2.24, 2.45) is 0 Å². The maximum atomic E-state index is 13.5. The van der Waals surface area contributed by atoms with E-state index in [1.807, 2.05) is 0 Å². The van der Waals surface area contributed by atoms with Gasteiger partial charge in [-0.15, -0.1) is 12.6 Å². The summed E-state index contributed by atoms with van der Waals surface area (Å²) in [6, 6.07) is 5.78. The van der Waals surface area contributed by atoms with Crippen molar-refractivity contribution in [2.45, 2.75) is 43.7 Å². The molecule has 0 saturated heterocycles. The van der Waals surface area contributed by atoms with Crippen LogP contribution in [-0.2, 0) is 6.42 Å². The molecule has 0 bridgehead atoms. The Kier molecular flexibility index (Phi) is 6.49. The van der Waals surface area contributed by atoms with Gasteiger partial charge >= 0.3 is 6.18 Å². The minimum atomic E-state index is -5.75. The Morgan fingerprint density at radius 1 is 1.13 bits per heavy atom. The van der Waals surface area contributed by atoms with Crippen LogP contribution in [0.5, 0.6) is 0 Å². The number of benzene rings is 1. The molecule has 23 heavy (non-hydrogen) atoms. The number of thiol groups is 1. The van der Waals surface area contributed by atoms with E-state index in [-0.39, 0.29) is 12.0 Å². The van der Waals surface area contributed by atoms with E-state index in [9.17, 15) is 35.5 Å². The molecule has 1 rings (SSSR count). The highest BCUT2D eigenvalue weighted by Gasteiger charge is 2.57. The van der Waals surface area contributed by atoms with Crippen LogP contribution in [0.1, 0.15) is 28.8 Å². The molecular formula is C14H13F7OS. The molecule has 0 fully saturated rings. The Labute approximate surface area is 133 Å². The zero-order valence-corrected chi connectivity index (χ0v) is 12.5. The Balaban J connectivity index is 2.62. The van der Waals surface area contributed by atoms with E-state index in [1.54, 1.807) is 0 Å². The first-order valence-electron chi connectivity index (χ1n) is 6.48. The topological polar surface area (TPSA) is 17.1 Å². The standard InChI is InChI=1S/C14H13F7OS/c15-10(7-13(17,18)12(16)14(19,20)21)5-4-8-2-1-3-9(6-8)11(22)23/h1-3,6,10,12H,4-5,7H2,(H,22,23). The average molecular weight is 362 g/mol. The Morgan fingerprint density at radius 3 is 2.26 bits per heavy atom. The summed E-state index contributed by atoms with van der Waals surface area (Å²) in [4.78, 5) is 11.0. The Bertz CT molecular complexity index is 544. The van der Waals surface area contributed by atoms with Gasteiger partial charge in [-0.25, -0.2) is 17.6 Å². The highest BCUT2D eigenvalue weighted by molar-refractivity contribution is 7.97. The summed E-state index contributed by atoms with van der Waals surface area (Å²) in [5, 5.41) is -0.541. The number of aryl methyl sites for hydroxylation is 1. The summed E-state index contributed by atoms with van der Waals surface area (Å²) in [7, 11) is 0. The largest absolute Gasteiger partial charge is 0.425 e. The summed E-state index contributed by atoms with van der Waals surface area (Å²) in [6.07, 6.45) is -14.9. The van der Waals surface area contributed by atoms with Crippen LogP contribution in [0.15, 0.2) is 24.3 Å². The van der Waals surface area contributed by atoms with Gasteiger partial charge in [-0.1, -0.05) is 18.2 Å². The second-order valence-corrected chi connectivity index (χ2v) is 5.42. The third-order valence-electron chi connectivity index (χ3n) is 3.07. The third kappa shape index (κ3) is 6.04. The molecular weight excluding hydrogens is 349 g/mol. The van der Waals surface area contributed by atoms with Crippen molar-refractivity contribution in [1.82, 2.24) is 0 Å². The monoisotopic (exact) mass is 362 g/mol. The lowest BCUT2D eigenvalue weighted by molar-refractivity contribution is -0.248. The van der Waals surface area contributed by atoms with Crippen molar-refractivity contribution in [3.63, 3.8) is 0 Å². The van der Waals surface area contributed by atoms with Crippen LogP contribution in [0.3, 0.4) is 0 Å². The zero-order chi connectivity index (χ0) is 17.8. The number of hydrogen-bond donors (Lipinski definition) is 1. The molecule has 1 aromatic rings.